The van der Waals surface area contributed by atoms with Gasteiger partial charge in [-0.3, -0.25) is 14.6 Å². The maximum atomic E-state index is 11.8. The van der Waals surface area contributed by atoms with Crippen LogP contribution in [0.1, 0.15) is 17.3 Å². The molecule has 5 nitrogen and oxygen atoms in total. The number of thiazole rings is 1. The number of Topliss-reactive ketones (excluding diaryl/α,β-unsaturated/α-hetero) is 2. The van der Waals surface area contributed by atoms with E-state index < -0.39 is 11.6 Å². The second kappa shape index (κ2) is 4.40. The second-order valence-corrected chi connectivity index (χ2v) is 4.90. The van der Waals surface area contributed by atoms with E-state index in [1.54, 1.807) is 12.4 Å². The Balaban J connectivity index is 2.24. The summed E-state index contributed by atoms with van der Waals surface area (Å²) in [5, 5.41) is 2.72. The molecule has 1 N–H and O–H groups in total. The topological polar surface area (TPSA) is 75.7 Å². The van der Waals surface area contributed by atoms with E-state index >= 15 is 0 Å². The maximum Gasteiger partial charge on any atom is 0.231 e. The van der Waals surface area contributed by atoms with E-state index in [0.29, 0.717) is 11.1 Å². The van der Waals surface area contributed by atoms with Crippen molar-refractivity contribution in [3.8, 4) is 10.6 Å². The predicted octanol–water partition coefficient (Wildman–Crippen LogP) is 2.46. The van der Waals surface area contributed by atoms with Crippen LogP contribution in [0.3, 0.4) is 0 Å². The van der Waals surface area contributed by atoms with Crippen molar-refractivity contribution in [1.82, 2.24) is 15.0 Å². The molecular weight excluding hydrogens is 262 g/mol. The zero-order valence-corrected chi connectivity index (χ0v) is 10.8. The van der Waals surface area contributed by atoms with Gasteiger partial charge >= 0.3 is 0 Å². The van der Waals surface area contributed by atoms with Gasteiger partial charge in [-0.1, -0.05) is 0 Å². The SMILES string of the molecule is CC(=O)C(=O)c1c[nH]c2c(-c3nccs3)ccnc12. The van der Waals surface area contributed by atoms with Gasteiger partial charge in [0, 0.05) is 36.5 Å². The van der Waals surface area contributed by atoms with Crippen LogP contribution in [-0.4, -0.2) is 26.5 Å². The van der Waals surface area contributed by atoms with Crippen LogP contribution >= 0.6 is 11.3 Å². The molecule has 0 aromatic carbocycles. The lowest BCUT2D eigenvalue weighted by Crippen LogP contribution is -2.09. The molecule has 0 aliphatic carbocycles. The average molecular weight is 271 g/mol. The highest BCUT2D eigenvalue weighted by molar-refractivity contribution is 7.13. The van der Waals surface area contributed by atoms with Crippen molar-refractivity contribution in [1.29, 1.82) is 0 Å². The van der Waals surface area contributed by atoms with Crippen molar-refractivity contribution in [2.45, 2.75) is 6.92 Å². The summed E-state index contributed by atoms with van der Waals surface area (Å²) in [6.07, 6.45) is 4.86. The zero-order chi connectivity index (χ0) is 13.4. The number of hydrogen-bond acceptors (Lipinski definition) is 5. The maximum absolute atomic E-state index is 11.8. The molecule has 0 unspecified atom stereocenters. The summed E-state index contributed by atoms with van der Waals surface area (Å²) in [5.74, 6) is -1.03. The summed E-state index contributed by atoms with van der Waals surface area (Å²) < 4.78 is 0. The van der Waals surface area contributed by atoms with Crippen molar-refractivity contribution < 1.29 is 9.59 Å². The lowest BCUT2D eigenvalue weighted by Gasteiger charge is -1.99. The van der Waals surface area contributed by atoms with Gasteiger partial charge in [-0.15, -0.1) is 11.3 Å². The second-order valence-electron chi connectivity index (χ2n) is 4.01. The molecule has 6 heteroatoms. The highest BCUT2D eigenvalue weighted by Gasteiger charge is 2.19. The minimum absolute atomic E-state index is 0.306. The minimum atomic E-state index is -0.532. The molecule has 19 heavy (non-hydrogen) atoms. The molecule has 0 bridgehead atoms. The Morgan fingerprint density at radius 1 is 1.26 bits per heavy atom. The number of carbonyl (C=O) groups excluding carboxylic acids is 2. The summed E-state index contributed by atoms with van der Waals surface area (Å²) in [4.78, 5) is 34.4. The first-order valence-corrected chi connectivity index (χ1v) is 6.47. The van der Waals surface area contributed by atoms with Crippen LogP contribution in [0.15, 0.2) is 30.0 Å². The van der Waals surface area contributed by atoms with E-state index in [2.05, 4.69) is 15.0 Å². The standard InChI is InChI=1S/C13H9N3O2S/c1-7(17)12(18)9-6-16-10-8(2-3-14-11(9)10)13-15-4-5-19-13/h2-6,16H,1H3. The third-order valence-corrected chi connectivity index (χ3v) is 3.60. The van der Waals surface area contributed by atoms with Gasteiger partial charge in [0.1, 0.15) is 5.01 Å². The predicted molar refractivity (Wildman–Crippen MR) is 72.2 cm³/mol. The number of hydrogen-bond donors (Lipinski definition) is 1. The fourth-order valence-corrected chi connectivity index (χ4v) is 2.59. The third-order valence-electron chi connectivity index (χ3n) is 2.79. The zero-order valence-electron chi connectivity index (χ0n) is 10.0. The number of aromatic nitrogens is 3. The molecule has 0 amide bonds. The van der Waals surface area contributed by atoms with Crippen LogP contribution in [0.5, 0.6) is 0 Å². The lowest BCUT2D eigenvalue weighted by molar-refractivity contribution is -0.113. The van der Waals surface area contributed by atoms with E-state index in [9.17, 15) is 9.59 Å². The highest BCUT2D eigenvalue weighted by atomic mass is 32.1. The minimum Gasteiger partial charge on any atom is -0.359 e. The number of ketones is 2. The fraction of sp³-hybridized carbons (Fsp3) is 0.0769. The van der Waals surface area contributed by atoms with E-state index in [1.807, 2.05) is 11.4 Å². The van der Waals surface area contributed by atoms with Crippen LogP contribution in [0, 0.1) is 0 Å². The van der Waals surface area contributed by atoms with Gasteiger partial charge in [-0.2, -0.15) is 0 Å². The smallest absolute Gasteiger partial charge is 0.231 e. The number of fused-ring (bicyclic) bond motifs is 1. The van der Waals surface area contributed by atoms with Crippen molar-refractivity contribution in [2.24, 2.45) is 0 Å². The molecule has 0 saturated heterocycles. The highest BCUT2D eigenvalue weighted by Crippen LogP contribution is 2.29. The molecule has 0 aliphatic rings. The summed E-state index contributed by atoms with van der Waals surface area (Å²) in [5.41, 5.74) is 2.42. The Kier molecular flexibility index (Phi) is 2.72. The Hall–Kier alpha value is -2.34. The number of pyridine rings is 1. The van der Waals surface area contributed by atoms with Gasteiger partial charge in [-0.25, -0.2) is 4.98 Å². The van der Waals surface area contributed by atoms with Crippen LogP contribution < -0.4 is 0 Å². The first-order chi connectivity index (χ1) is 9.18. The van der Waals surface area contributed by atoms with Crippen LogP contribution in [0.2, 0.25) is 0 Å². The van der Waals surface area contributed by atoms with E-state index in [-0.39, 0.29) is 0 Å². The average Bonchev–Trinajstić information content (AvgIpc) is 3.06. The Morgan fingerprint density at radius 2 is 2.11 bits per heavy atom. The monoisotopic (exact) mass is 271 g/mol. The lowest BCUT2D eigenvalue weighted by atomic mass is 10.1. The number of aromatic amines is 1. The van der Waals surface area contributed by atoms with E-state index in [1.165, 1.54) is 24.5 Å². The fourth-order valence-electron chi connectivity index (χ4n) is 1.92. The Morgan fingerprint density at radius 3 is 2.79 bits per heavy atom. The first-order valence-electron chi connectivity index (χ1n) is 5.59. The van der Waals surface area contributed by atoms with Gasteiger partial charge in [0.25, 0.3) is 0 Å². The molecule has 3 heterocycles. The number of nitrogens with one attached hydrogen (secondary N) is 1. The number of carbonyl (C=O) groups is 2. The van der Waals surface area contributed by atoms with Crippen LogP contribution in [-0.2, 0) is 4.79 Å². The van der Waals surface area contributed by atoms with E-state index in [0.717, 1.165) is 16.1 Å². The first kappa shape index (κ1) is 11.7. The van der Waals surface area contributed by atoms with Crippen molar-refractivity contribution in [2.75, 3.05) is 0 Å². The molecule has 94 valence electrons. The van der Waals surface area contributed by atoms with Crippen LogP contribution in [0.25, 0.3) is 21.6 Å². The molecule has 0 fully saturated rings. The molecular formula is C13H9N3O2S. The normalized spacial score (nSPS) is 10.8. The van der Waals surface area contributed by atoms with Gasteiger partial charge in [-0.05, 0) is 6.07 Å². The number of rotatable bonds is 3. The Bertz CT molecular complexity index is 774. The molecule has 0 aliphatic heterocycles. The van der Waals surface area contributed by atoms with Gasteiger partial charge in [0.2, 0.25) is 5.78 Å². The van der Waals surface area contributed by atoms with Gasteiger partial charge in [0.05, 0.1) is 16.6 Å². The molecule has 0 atom stereocenters. The summed E-state index contributed by atoms with van der Waals surface area (Å²) in [6.45, 7) is 1.26. The number of nitrogens with zero attached hydrogens (tertiary/aromatic N) is 2. The van der Waals surface area contributed by atoms with Crippen molar-refractivity contribution >= 4 is 33.9 Å². The summed E-state index contributed by atoms with van der Waals surface area (Å²) >= 11 is 1.50. The van der Waals surface area contributed by atoms with Crippen molar-refractivity contribution in [3.63, 3.8) is 0 Å². The molecule has 0 spiro atoms. The number of H-pyrrole nitrogens is 1. The molecule has 3 aromatic rings. The summed E-state index contributed by atoms with van der Waals surface area (Å²) in [7, 11) is 0. The van der Waals surface area contributed by atoms with Crippen LogP contribution in [0.4, 0.5) is 0 Å². The Labute approximate surface area is 112 Å². The molecule has 0 saturated carbocycles. The third kappa shape index (κ3) is 1.86. The molecule has 0 radical (unpaired) electrons. The molecule has 3 rings (SSSR count). The van der Waals surface area contributed by atoms with Gasteiger partial charge in [0.15, 0.2) is 5.78 Å². The molecule has 3 aromatic heterocycles. The largest absolute Gasteiger partial charge is 0.359 e. The summed E-state index contributed by atoms with van der Waals surface area (Å²) in [6, 6.07) is 1.83. The van der Waals surface area contributed by atoms with E-state index in [4.69, 9.17) is 0 Å². The van der Waals surface area contributed by atoms with Crippen molar-refractivity contribution in [3.05, 3.63) is 35.6 Å². The van der Waals surface area contributed by atoms with Gasteiger partial charge < -0.3 is 4.98 Å². The quantitative estimate of drug-likeness (QED) is 0.586.